The highest BCUT2D eigenvalue weighted by molar-refractivity contribution is 9.10. The van der Waals surface area contributed by atoms with E-state index in [1.807, 2.05) is 6.20 Å². The van der Waals surface area contributed by atoms with E-state index in [2.05, 4.69) is 91.2 Å². The molecular formula is C27H32BrN7. The molecule has 0 bridgehead atoms. The molecule has 0 radical (unpaired) electrons. The van der Waals surface area contributed by atoms with E-state index in [1.165, 1.54) is 28.2 Å². The molecule has 0 unspecified atom stereocenters. The van der Waals surface area contributed by atoms with Gasteiger partial charge in [-0.25, -0.2) is 9.97 Å². The normalized spacial score (nSPS) is 17.1. The van der Waals surface area contributed by atoms with Gasteiger partial charge < -0.3 is 25.1 Å². The molecule has 3 aromatic heterocycles. The minimum Gasteiger partial charge on any atom is -0.379 e. The third kappa shape index (κ3) is 4.17. The first-order chi connectivity index (χ1) is 17.0. The van der Waals surface area contributed by atoms with Crippen LogP contribution in [0.4, 0.5) is 5.69 Å². The summed E-state index contributed by atoms with van der Waals surface area (Å²) in [6.07, 6.45) is 5.21. The molecule has 1 fully saturated rings. The van der Waals surface area contributed by atoms with Crippen molar-refractivity contribution in [2.45, 2.75) is 45.7 Å². The van der Waals surface area contributed by atoms with Crippen molar-refractivity contribution in [3.05, 3.63) is 57.4 Å². The molecule has 0 atom stereocenters. The lowest BCUT2D eigenvalue weighted by Crippen LogP contribution is -2.36. The molecular weight excluding hydrogens is 502 g/mol. The van der Waals surface area contributed by atoms with Gasteiger partial charge in [0.25, 0.3) is 0 Å². The zero-order valence-corrected chi connectivity index (χ0v) is 22.2. The second kappa shape index (κ2) is 9.08. The SMILES string of the molecule is Cc1cc(-c2nc3ncc(Br)c(NC4CCN(C)CC4)c3[nH]2)c(C)n1-c1ccc2c(c1)CNCC2. The lowest BCUT2D eigenvalue weighted by atomic mass is 10.0. The first-order valence-electron chi connectivity index (χ1n) is 12.5. The highest BCUT2D eigenvalue weighted by Crippen LogP contribution is 2.34. The molecule has 2 aliphatic heterocycles. The molecule has 1 saturated heterocycles. The molecule has 3 N–H and O–H groups in total. The highest BCUT2D eigenvalue weighted by atomic mass is 79.9. The smallest absolute Gasteiger partial charge is 0.180 e. The van der Waals surface area contributed by atoms with Crippen molar-refractivity contribution in [1.29, 1.82) is 0 Å². The Hall–Kier alpha value is -2.68. The zero-order valence-electron chi connectivity index (χ0n) is 20.6. The predicted molar refractivity (Wildman–Crippen MR) is 145 cm³/mol. The van der Waals surface area contributed by atoms with Crippen molar-refractivity contribution in [3.63, 3.8) is 0 Å². The Labute approximate surface area is 214 Å². The number of fused-ring (bicyclic) bond motifs is 2. The number of rotatable bonds is 4. The fraction of sp³-hybridized carbons (Fsp3) is 0.407. The maximum absolute atomic E-state index is 4.91. The highest BCUT2D eigenvalue weighted by Gasteiger charge is 2.22. The summed E-state index contributed by atoms with van der Waals surface area (Å²) in [4.78, 5) is 15.5. The molecule has 0 amide bonds. The number of hydrogen-bond donors (Lipinski definition) is 3. The van der Waals surface area contributed by atoms with Crippen LogP contribution in [0.25, 0.3) is 28.2 Å². The van der Waals surface area contributed by atoms with Crippen LogP contribution in [0, 0.1) is 13.8 Å². The molecule has 35 heavy (non-hydrogen) atoms. The van der Waals surface area contributed by atoms with E-state index in [0.29, 0.717) is 6.04 Å². The standard InChI is InChI=1S/C27H32BrN7/c1-16-12-22(17(2)35(16)21-5-4-18-6-9-29-14-19(18)13-21)26-32-25-24(23(28)15-30-27(25)33-26)31-20-7-10-34(3)11-8-20/h4-5,12-13,15,20,29H,6-11,14H2,1-3H3,(H2,30,31,32,33). The van der Waals surface area contributed by atoms with Gasteiger partial charge in [-0.2, -0.15) is 0 Å². The number of piperidine rings is 1. The summed E-state index contributed by atoms with van der Waals surface area (Å²) in [6.45, 7) is 8.56. The van der Waals surface area contributed by atoms with E-state index in [9.17, 15) is 0 Å². The summed E-state index contributed by atoms with van der Waals surface area (Å²) in [5.74, 6) is 0.857. The van der Waals surface area contributed by atoms with Crippen LogP contribution in [0.2, 0.25) is 0 Å². The van der Waals surface area contributed by atoms with Gasteiger partial charge >= 0.3 is 0 Å². The van der Waals surface area contributed by atoms with Crippen LogP contribution in [-0.4, -0.2) is 57.1 Å². The Morgan fingerprint density at radius 3 is 2.77 bits per heavy atom. The van der Waals surface area contributed by atoms with Gasteiger partial charge in [0, 0.05) is 41.4 Å². The Kier molecular flexibility index (Phi) is 5.90. The van der Waals surface area contributed by atoms with E-state index in [1.54, 1.807) is 0 Å². The quantitative estimate of drug-likeness (QED) is 0.346. The van der Waals surface area contributed by atoms with E-state index >= 15 is 0 Å². The summed E-state index contributed by atoms with van der Waals surface area (Å²) >= 11 is 3.72. The summed E-state index contributed by atoms with van der Waals surface area (Å²) in [5, 5.41) is 7.26. The summed E-state index contributed by atoms with van der Waals surface area (Å²) in [6, 6.07) is 9.53. The minimum atomic E-state index is 0.448. The van der Waals surface area contributed by atoms with E-state index in [-0.39, 0.29) is 0 Å². The van der Waals surface area contributed by atoms with Gasteiger partial charge in [0.05, 0.1) is 10.2 Å². The maximum atomic E-state index is 4.91. The average Bonchev–Trinajstić information content (AvgIpc) is 3.42. The largest absolute Gasteiger partial charge is 0.379 e. The number of aromatic nitrogens is 4. The summed E-state index contributed by atoms with van der Waals surface area (Å²) in [5.41, 5.74) is 10.3. The zero-order chi connectivity index (χ0) is 24.1. The van der Waals surface area contributed by atoms with Gasteiger partial charge in [0.1, 0.15) is 11.3 Å². The minimum absolute atomic E-state index is 0.448. The van der Waals surface area contributed by atoms with Crippen molar-refractivity contribution >= 4 is 32.8 Å². The van der Waals surface area contributed by atoms with Gasteiger partial charge in [-0.05, 0) is 105 Å². The molecule has 2 aliphatic rings. The summed E-state index contributed by atoms with van der Waals surface area (Å²) in [7, 11) is 2.19. The number of halogens is 1. The second-order valence-electron chi connectivity index (χ2n) is 9.99. The van der Waals surface area contributed by atoms with Gasteiger partial charge in [-0.15, -0.1) is 0 Å². The first kappa shape index (κ1) is 22.8. The van der Waals surface area contributed by atoms with Crippen molar-refractivity contribution in [1.82, 2.24) is 29.7 Å². The second-order valence-corrected chi connectivity index (χ2v) is 10.8. The number of nitrogens with one attached hydrogen (secondary N) is 3. The van der Waals surface area contributed by atoms with Crippen LogP contribution in [0.3, 0.4) is 0 Å². The van der Waals surface area contributed by atoms with E-state index < -0.39 is 0 Å². The van der Waals surface area contributed by atoms with Gasteiger partial charge in [-0.1, -0.05) is 6.07 Å². The maximum Gasteiger partial charge on any atom is 0.180 e. The van der Waals surface area contributed by atoms with E-state index in [0.717, 1.165) is 78.2 Å². The van der Waals surface area contributed by atoms with Crippen molar-refractivity contribution < 1.29 is 0 Å². The van der Waals surface area contributed by atoms with Crippen molar-refractivity contribution in [2.24, 2.45) is 0 Å². The Bertz CT molecular complexity index is 1390. The molecule has 8 heteroatoms. The van der Waals surface area contributed by atoms with Crippen LogP contribution < -0.4 is 10.6 Å². The molecule has 5 heterocycles. The lowest BCUT2D eigenvalue weighted by molar-refractivity contribution is 0.264. The Morgan fingerprint density at radius 1 is 1.11 bits per heavy atom. The number of aromatic amines is 1. The van der Waals surface area contributed by atoms with Crippen LogP contribution in [0.15, 0.2) is 34.9 Å². The Balaban J connectivity index is 1.37. The molecule has 6 rings (SSSR count). The number of likely N-dealkylation sites (tertiary alicyclic amines) is 1. The predicted octanol–water partition coefficient (Wildman–Crippen LogP) is 4.95. The number of nitrogens with zero attached hydrogens (tertiary/aromatic N) is 4. The number of aryl methyl sites for hydroxylation is 1. The van der Waals surface area contributed by atoms with Crippen molar-refractivity contribution in [2.75, 3.05) is 32.0 Å². The third-order valence-corrected chi connectivity index (χ3v) is 8.16. The molecule has 0 saturated carbocycles. The monoisotopic (exact) mass is 533 g/mol. The molecule has 182 valence electrons. The topological polar surface area (TPSA) is 73.8 Å². The number of benzene rings is 1. The molecule has 4 aromatic rings. The number of pyridine rings is 1. The fourth-order valence-corrected chi connectivity index (χ4v) is 5.98. The molecule has 7 nitrogen and oxygen atoms in total. The molecule has 0 aliphatic carbocycles. The number of H-pyrrole nitrogens is 1. The third-order valence-electron chi connectivity index (χ3n) is 7.56. The average molecular weight is 535 g/mol. The van der Waals surface area contributed by atoms with Gasteiger partial charge in [0.2, 0.25) is 0 Å². The number of anilines is 1. The number of hydrogen-bond acceptors (Lipinski definition) is 5. The van der Waals surface area contributed by atoms with Crippen LogP contribution in [0.5, 0.6) is 0 Å². The molecule has 0 spiro atoms. The van der Waals surface area contributed by atoms with Crippen LogP contribution in [-0.2, 0) is 13.0 Å². The van der Waals surface area contributed by atoms with Gasteiger partial charge in [-0.3, -0.25) is 0 Å². The first-order valence-corrected chi connectivity index (χ1v) is 13.3. The van der Waals surface area contributed by atoms with E-state index in [4.69, 9.17) is 4.98 Å². The summed E-state index contributed by atoms with van der Waals surface area (Å²) < 4.78 is 3.30. The lowest BCUT2D eigenvalue weighted by Gasteiger charge is -2.30. The fourth-order valence-electron chi connectivity index (χ4n) is 5.57. The number of imidazole rings is 1. The van der Waals surface area contributed by atoms with Crippen LogP contribution in [0.1, 0.15) is 35.4 Å². The van der Waals surface area contributed by atoms with Crippen molar-refractivity contribution in [3.8, 4) is 17.1 Å². The molecule has 1 aromatic carbocycles. The van der Waals surface area contributed by atoms with Crippen LogP contribution >= 0.6 is 15.9 Å². The Morgan fingerprint density at radius 2 is 1.94 bits per heavy atom. The van der Waals surface area contributed by atoms with Gasteiger partial charge in [0.15, 0.2) is 5.65 Å².